The van der Waals surface area contributed by atoms with Crippen LogP contribution in [0.1, 0.15) is 27.7 Å². The lowest BCUT2D eigenvalue weighted by Gasteiger charge is -2.13. The number of phosphoric acid groups is 1. The van der Waals surface area contributed by atoms with Gasteiger partial charge in [0.2, 0.25) is 0 Å². The van der Waals surface area contributed by atoms with Crippen molar-refractivity contribution >= 4 is 7.82 Å². The van der Waals surface area contributed by atoms with Crippen molar-refractivity contribution in [1.82, 2.24) is 4.90 Å². The Bertz CT molecular complexity index is 183. The predicted molar refractivity (Wildman–Crippen MR) is 62.6 cm³/mol. The molecule has 0 aliphatic heterocycles. The Kier molecular flexibility index (Phi) is 26.1. The molecule has 16 heavy (non-hydrogen) atoms. The maximum Gasteiger partial charge on any atom is 0.466 e. The second-order valence-electron chi connectivity index (χ2n) is 2.36. The van der Waals surface area contributed by atoms with Crippen LogP contribution >= 0.6 is 7.82 Å². The van der Waals surface area contributed by atoms with Gasteiger partial charge < -0.3 is 25.1 Å². The average molecular weight is 258 g/mol. The van der Waals surface area contributed by atoms with Gasteiger partial charge in [-0.1, -0.05) is 20.8 Å². The molecule has 0 fully saturated rings. The van der Waals surface area contributed by atoms with Gasteiger partial charge in [-0.25, -0.2) is 4.57 Å². The van der Waals surface area contributed by atoms with E-state index in [2.05, 4.69) is 25.7 Å². The number of hydrogen-bond donors (Lipinski definition) is 3. The van der Waals surface area contributed by atoms with Gasteiger partial charge in [-0.3, -0.25) is 0 Å². The van der Waals surface area contributed by atoms with Crippen molar-refractivity contribution < 1.29 is 24.7 Å². The summed E-state index contributed by atoms with van der Waals surface area (Å²) in [5.74, 6) is 0. The molecule has 0 heterocycles. The summed E-state index contributed by atoms with van der Waals surface area (Å²) in [4.78, 5) is 23.9. The van der Waals surface area contributed by atoms with E-state index in [-0.39, 0.29) is 5.48 Å². The van der Waals surface area contributed by atoms with Crippen LogP contribution in [0.2, 0.25) is 0 Å². The topological polar surface area (TPSA) is 136 Å². The maximum atomic E-state index is 8.88. The SMILES string of the molecule is CC#N.CCN(CC)CC.O.O=P(O)(O)O. The first-order valence-electron chi connectivity index (χ1n) is 4.58. The molecule has 0 atom stereocenters. The highest BCUT2D eigenvalue weighted by Gasteiger charge is 2.00. The van der Waals surface area contributed by atoms with Crippen molar-refractivity contribution in [2.24, 2.45) is 0 Å². The van der Waals surface area contributed by atoms with Crippen LogP contribution in [0.15, 0.2) is 0 Å². The quantitative estimate of drug-likeness (QED) is 0.615. The number of nitriles is 1. The molecule has 0 aliphatic carbocycles. The molecule has 0 spiro atoms. The Balaban J connectivity index is -0.0000000710. The Morgan fingerprint density at radius 2 is 1.25 bits per heavy atom. The first-order valence-corrected chi connectivity index (χ1v) is 6.14. The lowest BCUT2D eigenvalue weighted by molar-refractivity contribution is 0.275. The monoisotopic (exact) mass is 258 g/mol. The highest BCUT2D eigenvalue weighted by atomic mass is 31.2. The standard InChI is InChI=1S/C6H15N.C2H3N.H3O4P.H2O/c1-4-7(5-2)6-3;1-2-3;1-5(2,3)4;/h4-6H2,1-3H3;1H3;(H3,1,2,3,4);1H2. The Morgan fingerprint density at radius 1 is 1.12 bits per heavy atom. The van der Waals surface area contributed by atoms with E-state index < -0.39 is 7.82 Å². The molecule has 0 bridgehead atoms. The van der Waals surface area contributed by atoms with E-state index >= 15 is 0 Å². The lowest BCUT2D eigenvalue weighted by Crippen LogP contribution is -2.21. The molecular formula is C8H23N2O5P. The lowest BCUT2D eigenvalue weighted by atomic mass is 10.5. The van der Waals surface area contributed by atoms with Crippen LogP contribution < -0.4 is 0 Å². The molecule has 0 unspecified atom stereocenters. The number of hydrogen-bond acceptors (Lipinski definition) is 3. The largest absolute Gasteiger partial charge is 0.466 e. The van der Waals surface area contributed by atoms with Gasteiger partial charge in [0, 0.05) is 6.92 Å². The van der Waals surface area contributed by atoms with Gasteiger partial charge in [-0.05, 0) is 19.6 Å². The predicted octanol–water partition coefficient (Wildman–Crippen LogP) is 0.125. The first-order chi connectivity index (χ1) is 6.76. The molecule has 0 aliphatic rings. The van der Waals surface area contributed by atoms with E-state index in [9.17, 15) is 0 Å². The van der Waals surface area contributed by atoms with Crippen LogP contribution in [0.3, 0.4) is 0 Å². The third-order valence-electron chi connectivity index (χ3n) is 1.34. The zero-order valence-electron chi connectivity index (χ0n) is 10.2. The molecular weight excluding hydrogens is 235 g/mol. The van der Waals surface area contributed by atoms with Crippen molar-refractivity contribution in [3.63, 3.8) is 0 Å². The highest BCUT2D eigenvalue weighted by molar-refractivity contribution is 7.45. The third kappa shape index (κ3) is 69.6. The maximum absolute atomic E-state index is 8.88. The zero-order chi connectivity index (χ0) is 12.9. The summed E-state index contributed by atoms with van der Waals surface area (Å²) in [5, 5.41) is 7.32. The number of nitrogens with zero attached hydrogens (tertiary/aromatic N) is 2. The molecule has 8 heteroatoms. The average Bonchev–Trinajstić information content (AvgIpc) is 2.06. The summed E-state index contributed by atoms with van der Waals surface area (Å²) in [6.07, 6.45) is 0. The van der Waals surface area contributed by atoms with Gasteiger partial charge in [-0.15, -0.1) is 0 Å². The van der Waals surface area contributed by atoms with Crippen molar-refractivity contribution in [2.45, 2.75) is 27.7 Å². The van der Waals surface area contributed by atoms with Crippen molar-refractivity contribution in [1.29, 1.82) is 5.26 Å². The van der Waals surface area contributed by atoms with Gasteiger partial charge in [0.15, 0.2) is 0 Å². The minimum atomic E-state index is -4.64. The fourth-order valence-electron chi connectivity index (χ4n) is 0.671. The van der Waals surface area contributed by atoms with Crippen LogP contribution in [-0.2, 0) is 4.57 Å². The normalized spacial score (nSPS) is 8.69. The van der Waals surface area contributed by atoms with Gasteiger partial charge in [0.05, 0.1) is 6.07 Å². The van der Waals surface area contributed by atoms with Gasteiger partial charge in [0.1, 0.15) is 0 Å². The minimum absolute atomic E-state index is 0. The molecule has 7 nitrogen and oxygen atoms in total. The molecule has 100 valence electrons. The molecule has 0 aromatic heterocycles. The summed E-state index contributed by atoms with van der Waals surface area (Å²) in [5.41, 5.74) is 0. The Labute approximate surface area is 96.9 Å². The summed E-state index contributed by atoms with van der Waals surface area (Å²) in [7, 11) is -4.64. The Morgan fingerprint density at radius 3 is 1.25 bits per heavy atom. The molecule has 0 radical (unpaired) electrons. The summed E-state index contributed by atoms with van der Waals surface area (Å²) in [6, 6.07) is 1.75. The van der Waals surface area contributed by atoms with Crippen molar-refractivity contribution in [3.05, 3.63) is 0 Å². The van der Waals surface area contributed by atoms with Crippen LogP contribution in [0, 0.1) is 11.3 Å². The molecule has 0 rings (SSSR count). The van der Waals surface area contributed by atoms with E-state index in [1.807, 2.05) is 0 Å². The summed E-state index contributed by atoms with van der Waals surface area (Å²) < 4.78 is 8.88. The van der Waals surface area contributed by atoms with Crippen molar-refractivity contribution in [2.75, 3.05) is 19.6 Å². The second-order valence-corrected chi connectivity index (χ2v) is 3.38. The van der Waals surface area contributed by atoms with E-state index in [0.29, 0.717) is 0 Å². The van der Waals surface area contributed by atoms with Crippen LogP contribution in [-0.4, -0.2) is 44.7 Å². The van der Waals surface area contributed by atoms with Crippen molar-refractivity contribution in [3.8, 4) is 6.07 Å². The van der Waals surface area contributed by atoms with E-state index in [0.717, 1.165) is 0 Å². The molecule has 0 saturated heterocycles. The van der Waals surface area contributed by atoms with E-state index in [1.54, 1.807) is 6.07 Å². The molecule has 0 amide bonds. The van der Waals surface area contributed by atoms with Crippen LogP contribution in [0.4, 0.5) is 0 Å². The second kappa shape index (κ2) is 16.9. The molecule has 5 N–H and O–H groups in total. The third-order valence-corrected chi connectivity index (χ3v) is 1.34. The molecule has 0 aromatic carbocycles. The summed E-state index contributed by atoms with van der Waals surface area (Å²) >= 11 is 0. The van der Waals surface area contributed by atoms with Gasteiger partial charge >= 0.3 is 7.82 Å². The number of rotatable bonds is 3. The first kappa shape index (κ1) is 24.7. The van der Waals surface area contributed by atoms with Gasteiger partial charge in [-0.2, -0.15) is 5.26 Å². The fourth-order valence-corrected chi connectivity index (χ4v) is 0.671. The van der Waals surface area contributed by atoms with E-state index in [1.165, 1.54) is 26.6 Å². The zero-order valence-corrected chi connectivity index (χ0v) is 11.1. The summed E-state index contributed by atoms with van der Waals surface area (Å²) in [6.45, 7) is 11.6. The molecule has 0 aromatic rings. The highest BCUT2D eigenvalue weighted by Crippen LogP contribution is 2.25. The minimum Gasteiger partial charge on any atom is -0.412 e. The van der Waals surface area contributed by atoms with Crippen LogP contribution in [0.25, 0.3) is 0 Å². The van der Waals surface area contributed by atoms with Crippen LogP contribution in [0.5, 0.6) is 0 Å². The molecule has 0 saturated carbocycles. The Hall–Kier alpha value is -0.480. The fraction of sp³-hybridized carbons (Fsp3) is 0.875. The smallest absolute Gasteiger partial charge is 0.412 e. The van der Waals surface area contributed by atoms with Gasteiger partial charge in [0.25, 0.3) is 0 Å². The van der Waals surface area contributed by atoms with E-state index in [4.69, 9.17) is 24.5 Å².